The van der Waals surface area contributed by atoms with Gasteiger partial charge in [0.05, 0.1) is 0 Å². The van der Waals surface area contributed by atoms with E-state index in [1.165, 1.54) is 67.6 Å². The summed E-state index contributed by atoms with van der Waals surface area (Å²) in [6.45, 7) is 10.3. The van der Waals surface area contributed by atoms with Crippen LogP contribution in [0.15, 0.2) is 48.5 Å². The van der Waals surface area contributed by atoms with Gasteiger partial charge in [-0.1, -0.05) is 50.2 Å². The highest BCUT2D eigenvalue weighted by Crippen LogP contribution is 2.27. The van der Waals surface area contributed by atoms with E-state index in [4.69, 9.17) is 0 Å². The number of H-pyrrole nitrogens is 1. The van der Waals surface area contributed by atoms with Gasteiger partial charge in [-0.3, -0.25) is 9.80 Å². The van der Waals surface area contributed by atoms with Gasteiger partial charge in [-0.25, -0.2) is 0 Å². The lowest BCUT2D eigenvalue weighted by molar-refractivity contribution is 0.0859. The Morgan fingerprint density at radius 2 is 1.76 bits per heavy atom. The number of aryl methyl sites for hydroxylation is 1. The molecule has 3 heteroatoms. The van der Waals surface area contributed by atoms with Crippen molar-refractivity contribution < 1.29 is 0 Å². The van der Waals surface area contributed by atoms with Gasteiger partial charge in [-0.15, -0.1) is 0 Å². The molecule has 2 heterocycles. The van der Waals surface area contributed by atoms with Crippen LogP contribution in [0.5, 0.6) is 0 Å². The van der Waals surface area contributed by atoms with Gasteiger partial charge in [0.1, 0.15) is 0 Å². The fourth-order valence-electron chi connectivity index (χ4n) is 5.21. The molecule has 1 N–H and O–H groups in total. The van der Waals surface area contributed by atoms with Crippen LogP contribution in [0.4, 0.5) is 0 Å². The van der Waals surface area contributed by atoms with Gasteiger partial charge in [-0.2, -0.15) is 0 Å². The Balaban J connectivity index is 1.22. The highest BCUT2D eigenvalue weighted by atomic mass is 15.3. The van der Waals surface area contributed by atoms with Crippen molar-refractivity contribution in [3.8, 4) is 0 Å². The van der Waals surface area contributed by atoms with Crippen molar-refractivity contribution in [3.05, 3.63) is 70.9 Å². The molecule has 1 saturated heterocycles. The van der Waals surface area contributed by atoms with Gasteiger partial charge >= 0.3 is 0 Å². The number of nitrogens with zero attached hydrogens (tertiary/aromatic N) is 2. The van der Waals surface area contributed by atoms with Gasteiger partial charge in [0.25, 0.3) is 0 Å². The number of nitrogens with one attached hydrogen (secondary N) is 1. The molecule has 2 aliphatic rings. The summed E-state index contributed by atoms with van der Waals surface area (Å²) in [5.41, 5.74) is 7.24. The molecule has 0 spiro atoms. The number of rotatable bonds is 4. The molecule has 5 rings (SSSR count). The predicted octanol–water partition coefficient (Wildman–Crippen LogP) is 4.97. The molecule has 1 fully saturated rings. The third kappa shape index (κ3) is 3.86. The maximum Gasteiger partial charge on any atom is 0.0459 e. The van der Waals surface area contributed by atoms with E-state index < -0.39 is 0 Å². The van der Waals surface area contributed by atoms with Crippen LogP contribution in [-0.2, 0) is 19.4 Å². The normalized spacial score (nSPS) is 21.0. The summed E-state index contributed by atoms with van der Waals surface area (Å²) >= 11 is 0. The molecular formula is C26H33N3. The molecule has 1 unspecified atom stereocenters. The lowest BCUT2D eigenvalue weighted by Gasteiger charge is -2.41. The van der Waals surface area contributed by atoms with E-state index in [0.717, 1.165) is 12.6 Å². The summed E-state index contributed by atoms with van der Waals surface area (Å²) in [5, 5.41) is 1.41. The molecule has 1 aromatic heterocycles. The third-order valence-electron chi connectivity index (χ3n) is 7.04. The fourth-order valence-corrected chi connectivity index (χ4v) is 5.21. The first-order chi connectivity index (χ1) is 14.2. The number of piperazine rings is 1. The second kappa shape index (κ2) is 7.97. The highest BCUT2D eigenvalue weighted by Gasteiger charge is 2.27. The monoisotopic (exact) mass is 387 g/mol. The lowest BCUT2D eigenvalue weighted by atomic mass is 9.87. The van der Waals surface area contributed by atoms with Crippen molar-refractivity contribution in [2.45, 2.75) is 51.6 Å². The molecule has 3 nitrogen and oxygen atoms in total. The van der Waals surface area contributed by atoms with E-state index in [1.807, 2.05) is 0 Å². The average molecular weight is 388 g/mol. The van der Waals surface area contributed by atoms with Crippen LogP contribution in [0.2, 0.25) is 0 Å². The smallest absolute Gasteiger partial charge is 0.0459 e. The van der Waals surface area contributed by atoms with E-state index >= 15 is 0 Å². The maximum atomic E-state index is 3.60. The molecule has 0 bridgehead atoms. The zero-order valence-corrected chi connectivity index (χ0v) is 17.8. The topological polar surface area (TPSA) is 22.3 Å². The molecule has 152 valence electrons. The standard InChI is InChI=1S/C26H33N3/c1-19(2)26-17-24-22(8-5-9-25(24)27-26)18-28-12-14-29(15-13-28)23-11-10-20-6-3-4-7-21(20)16-23/h3-9,17,19,23,27H,10-16,18H2,1-2H3. The summed E-state index contributed by atoms with van der Waals surface area (Å²) in [6, 6.07) is 18.9. The van der Waals surface area contributed by atoms with E-state index in [-0.39, 0.29) is 0 Å². The Morgan fingerprint density at radius 1 is 0.966 bits per heavy atom. The minimum absolute atomic E-state index is 0.541. The van der Waals surface area contributed by atoms with Crippen molar-refractivity contribution >= 4 is 10.9 Å². The quantitative estimate of drug-likeness (QED) is 0.683. The molecule has 1 aliphatic carbocycles. The van der Waals surface area contributed by atoms with Crippen LogP contribution < -0.4 is 0 Å². The van der Waals surface area contributed by atoms with Crippen LogP contribution in [-0.4, -0.2) is 47.0 Å². The molecule has 0 amide bonds. The average Bonchev–Trinajstić information content (AvgIpc) is 3.20. The first-order valence-electron chi connectivity index (χ1n) is 11.3. The van der Waals surface area contributed by atoms with Gasteiger partial charge in [0.15, 0.2) is 0 Å². The summed E-state index contributed by atoms with van der Waals surface area (Å²) < 4.78 is 0. The largest absolute Gasteiger partial charge is 0.358 e. The summed E-state index contributed by atoms with van der Waals surface area (Å²) in [6.07, 6.45) is 3.79. The summed E-state index contributed by atoms with van der Waals surface area (Å²) in [4.78, 5) is 9.00. The van der Waals surface area contributed by atoms with E-state index in [2.05, 4.69) is 77.2 Å². The van der Waals surface area contributed by atoms with Gasteiger partial charge in [0, 0.05) is 55.4 Å². The third-order valence-corrected chi connectivity index (χ3v) is 7.04. The van der Waals surface area contributed by atoms with E-state index in [1.54, 1.807) is 11.1 Å². The van der Waals surface area contributed by atoms with Gasteiger partial charge in [-0.05, 0) is 54.0 Å². The lowest BCUT2D eigenvalue weighted by Crippen LogP contribution is -2.51. The molecule has 3 aromatic rings. The molecule has 0 radical (unpaired) electrons. The molecule has 1 atom stereocenters. The molecule has 2 aromatic carbocycles. The van der Waals surface area contributed by atoms with Crippen molar-refractivity contribution in [2.75, 3.05) is 26.2 Å². The number of hydrogen-bond acceptors (Lipinski definition) is 2. The van der Waals surface area contributed by atoms with Crippen LogP contribution in [0.25, 0.3) is 10.9 Å². The van der Waals surface area contributed by atoms with Crippen molar-refractivity contribution in [1.82, 2.24) is 14.8 Å². The second-order valence-electron chi connectivity index (χ2n) is 9.24. The number of aromatic nitrogens is 1. The number of aromatic amines is 1. The van der Waals surface area contributed by atoms with Gasteiger partial charge in [0.2, 0.25) is 0 Å². The van der Waals surface area contributed by atoms with Crippen molar-refractivity contribution in [1.29, 1.82) is 0 Å². The fraction of sp³-hybridized carbons (Fsp3) is 0.462. The molecule has 1 aliphatic heterocycles. The SMILES string of the molecule is CC(C)c1cc2c(CN3CCN(C4CCc5ccccc5C4)CC3)cccc2[nH]1. The van der Waals surface area contributed by atoms with E-state index in [9.17, 15) is 0 Å². The van der Waals surface area contributed by atoms with E-state index in [0.29, 0.717) is 5.92 Å². The number of hydrogen-bond donors (Lipinski definition) is 1. The van der Waals surface area contributed by atoms with Crippen LogP contribution in [0.1, 0.15) is 48.6 Å². The van der Waals surface area contributed by atoms with Crippen molar-refractivity contribution in [2.24, 2.45) is 0 Å². The predicted molar refractivity (Wildman–Crippen MR) is 121 cm³/mol. The first-order valence-corrected chi connectivity index (χ1v) is 11.3. The maximum absolute atomic E-state index is 3.60. The Hall–Kier alpha value is -2.10. The minimum atomic E-state index is 0.541. The summed E-state index contributed by atoms with van der Waals surface area (Å²) in [5.74, 6) is 0.541. The Morgan fingerprint density at radius 3 is 2.55 bits per heavy atom. The Bertz CT molecular complexity index is 979. The van der Waals surface area contributed by atoms with Crippen molar-refractivity contribution in [3.63, 3.8) is 0 Å². The van der Waals surface area contributed by atoms with Gasteiger partial charge < -0.3 is 4.98 Å². The minimum Gasteiger partial charge on any atom is -0.358 e. The van der Waals surface area contributed by atoms with Crippen LogP contribution >= 0.6 is 0 Å². The highest BCUT2D eigenvalue weighted by molar-refractivity contribution is 5.84. The summed E-state index contributed by atoms with van der Waals surface area (Å²) in [7, 11) is 0. The zero-order chi connectivity index (χ0) is 19.8. The first kappa shape index (κ1) is 18.9. The number of fused-ring (bicyclic) bond motifs is 2. The number of benzene rings is 2. The Kier molecular flexibility index (Phi) is 5.19. The van der Waals surface area contributed by atoms with Crippen LogP contribution in [0, 0.1) is 0 Å². The Labute approximate surface area is 174 Å². The molecule has 0 saturated carbocycles. The zero-order valence-electron chi connectivity index (χ0n) is 17.8. The molecular weight excluding hydrogens is 354 g/mol. The molecule has 29 heavy (non-hydrogen) atoms. The second-order valence-corrected chi connectivity index (χ2v) is 9.24. The van der Waals surface area contributed by atoms with Crippen LogP contribution in [0.3, 0.4) is 0 Å².